The van der Waals surface area contributed by atoms with Gasteiger partial charge in [0.25, 0.3) is 0 Å². The van der Waals surface area contributed by atoms with Crippen molar-refractivity contribution in [2.24, 2.45) is 11.5 Å². The van der Waals surface area contributed by atoms with Crippen LogP contribution in [0.2, 0.25) is 0 Å². The molecule has 11 heavy (non-hydrogen) atoms. The van der Waals surface area contributed by atoms with Gasteiger partial charge in [-0.05, 0) is 19.3 Å². The zero-order valence-electron chi connectivity index (χ0n) is 6.16. The van der Waals surface area contributed by atoms with E-state index in [1.54, 1.807) is 0 Å². The van der Waals surface area contributed by atoms with Crippen LogP contribution >= 0.6 is 12.4 Å². The molecule has 0 radical (unpaired) electrons. The van der Waals surface area contributed by atoms with Gasteiger partial charge >= 0.3 is 6.09 Å². The number of halogens is 1. The van der Waals surface area contributed by atoms with Gasteiger partial charge in [-0.1, -0.05) is 0 Å². The Kier molecular flexibility index (Phi) is 4.22. The summed E-state index contributed by atoms with van der Waals surface area (Å²) in [5.41, 5.74) is 10.4. The van der Waals surface area contributed by atoms with Gasteiger partial charge in [-0.3, -0.25) is 0 Å². The Hall–Kier alpha value is -0.480. The number of hydrogen-bond acceptors (Lipinski definition) is 3. The third kappa shape index (κ3) is 2.95. The van der Waals surface area contributed by atoms with Crippen LogP contribution in [0.5, 0.6) is 0 Å². The number of nitrogens with two attached hydrogens (primary N) is 2. The largest absolute Gasteiger partial charge is 0.445 e. The normalized spacial score (nSPS) is 29.2. The van der Waals surface area contributed by atoms with Crippen molar-refractivity contribution in [1.82, 2.24) is 0 Å². The Bertz CT molecular complexity index is 143. The highest BCUT2D eigenvalue weighted by atomic mass is 35.5. The molecule has 4 nitrogen and oxygen atoms in total. The van der Waals surface area contributed by atoms with E-state index in [0.29, 0.717) is 0 Å². The molecule has 66 valence electrons. The molecule has 0 bridgehead atoms. The molecule has 5 heteroatoms. The molecule has 0 aliphatic heterocycles. The number of ether oxygens (including phenoxy) is 1. The van der Waals surface area contributed by atoms with Crippen LogP contribution in [-0.2, 0) is 4.74 Å². The second-order valence-electron chi connectivity index (χ2n) is 2.57. The molecular weight excluding hydrogens is 168 g/mol. The first-order chi connectivity index (χ1) is 4.70. The summed E-state index contributed by atoms with van der Waals surface area (Å²) in [5, 5.41) is 0. The molecule has 1 saturated carbocycles. The van der Waals surface area contributed by atoms with Crippen molar-refractivity contribution < 1.29 is 9.53 Å². The number of hydrogen-bond donors (Lipinski definition) is 2. The summed E-state index contributed by atoms with van der Waals surface area (Å²) in [6.07, 6.45) is 1.95. The number of amides is 1. The van der Waals surface area contributed by atoms with Gasteiger partial charge in [-0.25, -0.2) is 4.79 Å². The summed E-state index contributed by atoms with van der Waals surface area (Å²) in [7, 11) is 0. The predicted molar refractivity (Wildman–Crippen MR) is 43.5 cm³/mol. The second kappa shape index (κ2) is 4.41. The van der Waals surface area contributed by atoms with Crippen molar-refractivity contribution in [3.05, 3.63) is 0 Å². The van der Waals surface area contributed by atoms with E-state index < -0.39 is 6.09 Å². The van der Waals surface area contributed by atoms with E-state index in [4.69, 9.17) is 16.2 Å². The van der Waals surface area contributed by atoms with Gasteiger partial charge in [-0.15, -0.1) is 12.4 Å². The maximum Gasteiger partial charge on any atom is 0.404 e. The van der Waals surface area contributed by atoms with Crippen LogP contribution in [0, 0.1) is 0 Å². The Morgan fingerprint density at radius 1 is 1.45 bits per heavy atom. The van der Waals surface area contributed by atoms with Crippen molar-refractivity contribution in [2.75, 3.05) is 0 Å². The number of carbonyl (C=O) groups excluding carboxylic acids is 1. The minimum atomic E-state index is -0.720. The fourth-order valence-corrected chi connectivity index (χ4v) is 1.25. The van der Waals surface area contributed by atoms with Crippen LogP contribution < -0.4 is 11.5 Å². The predicted octanol–water partition coefficient (Wildman–Crippen LogP) is 0.383. The van der Waals surface area contributed by atoms with E-state index in [1.807, 2.05) is 0 Å². The average molecular weight is 181 g/mol. The number of primary amides is 1. The first kappa shape index (κ1) is 10.5. The fraction of sp³-hybridized carbons (Fsp3) is 0.833. The molecular formula is C6H13ClN2O2. The van der Waals surface area contributed by atoms with E-state index in [1.165, 1.54) is 0 Å². The summed E-state index contributed by atoms with van der Waals surface area (Å²) in [6.45, 7) is 0. The van der Waals surface area contributed by atoms with E-state index >= 15 is 0 Å². The summed E-state index contributed by atoms with van der Waals surface area (Å²) in [6, 6.07) is -0.00694. The lowest BCUT2D eigenvalue weighted by molar-refractivity contribution is 0.101. The van der Waals surface area contributed by atoms with Crippen LogP contribution in [0.3, 0.4) is 0 Å². The molecule has 0 saturated heterocycles. The standard InChI is InChI=1S/C6H12N2O2.ClH/c7-4-2-1-3-5(4)10-6(8)9;/h4-5H,1-3,7H2,(H2,8,9);1H/t4-,5+;/m0./s1. The highest BCUT2D eigenvalue weighted by molar-refractivity contribution is 5.85. The van der Waals surface area contributed by atoms with Crippen LogP contribution in [0.1, 0.15) is 19.3 Å². The van der Waals surface area contributed by atoms with Gasteiger partial charge in [-0.2, -0.15) is 0 Å². The van der Waals surface area contributed by atoms with E-state index in [2.05, 4.69) is 0 Å². The Morgan fingerprint density at radius 2 is 2.09 bits per heavy atom. The average Bonchev–Trinajstić information content (AvgIpc) is 2.15. The monoisotopic (exact) mass is 180 g/mol. The van der Waals surface area contributed by atoms with Gasteiger partial charge in [0.1, 0.15) is 6.10 Å². The van der Waals surface area contributed by atoms with Crippen LogP contribution in [-0.4, -0.2) is 18.2 Å². The number of rotatable bonds is 1. The van der Waals surface area contributed by atoms with Crippen molar-refractivity contribution in [3.63, 3.8) is 0 Å². The first-order valence-electron chi connectivity index (χ1n) is 3.42. The lowest BCUT2D eigenvalue weighted by Crippen LogP contribution is -2.34. The molecule has 1 rings (SSSR count). The van der Waals surface area contributed by atoms with E-state index in [9.17, 15) is 4.79 Å². The van der Waals surface area contributed by atoms with Crippen LogP contribution in [0.25, 0.3) is 0 Å². The quantitative estimate of drug-likeness (QED) is 0.613. The molecule has 0 unspecified atom stereocenters. The maximum atomic E-state index is 10.2. The molecule has 0 aromatic heterocycles. The fourth-order valence-electron chi connectivity index (χ4n) is 1.25. The maximum absolute atomic E-state index is 10.2. The molecule has 0 aromatic carbocycles. The Morgan fingerprint density at radius 3 is 2.45 bits per heavy atom. The summed E-state index contributed by atoms with van der Waals surface area (Å²) >= 11 is 0. The summed E-state index contributed by atoms with van der Waals surface area (Å²) in [4.78, 5) is 10.2. The van der Waals surface area contributed by atoms with Gasteiger partial charge in [0.05, 0.1) is 0 Å². The molecule has 0 heterocycles. The molecule has 2 atom stereocenters. The highest BCUT2D eigenvalue weighted by Gasteiger charge is 2.26. The molecule has 4 N–H and O–H groups in total. The minimum absolute atomic E-state index is 0. The summed E-state index contributed by atoms with van der Waals surface area (Å²) < 4.78 is 4.74. The molecule has 1 fully saturated rings. The van der Waals surface area contributed by atoms with Crippen molar-refractivity contribution >= 4 is 18.5 Å². The third-order valence-electron chi connectivity index (χ3n) is 1.77. The van der Waals surface area contributed by atoms with Crippen molar-refractivity contribution in [3.8, 4) is 0 Å². The Labute approximate surface area is 71.7 Å². The topological polar surface area (TPSA) is 78.3 Å². The molecule has 1 aliphatic rings. The van der Waals surface area contributed by atoms with Crippen molar-refractivity contribution in [1.29, 1.82) is 0 Å². The van der Waals surface area contributed by atoms with Gasteiger partial charge in [0.15, 0.2) is 0 Å². The van der Waals surface area contributed by atoms with Crippen LogP contribution in [0.15, 0.2) is 0 Å². The highest BCUT2D eigenvalue weighted by Crippen LogP contribution is 2.19. The first-order valence-corrected chi connectivity index (χ1v) is 3.42. The second-order valence-corrected chi connectivity index (χ2v) is 2.57. The molecule has 0 spiro atoms. The van der Waals surface area contributed by atoms with E-state index in [-0.39, 0.29) is 24.6 Å². The van der Waals surface area contributed by atoms with Crippen molar-refractivity contribution in [2.45, 2.75) is 31.4 Å². The van der Waals surface area contributed by atoms with Gasteiger partial charge in [0.2, 0.25) is 0 Å². The molecule has 0 aromatic rings. The van der Waals surface area contributed by atoms with Gasteiger partial charge in [0, 0.05) is 6.04 Å². The third-order valence-corrected chi connectivity index (χ3v) is 1.77. The lowest BCUT2D eigenvalue weighted by Gasteiger charge is -2.13. The number of carbonyl (C=O) groups is 1. The molecule has 1 amide bonds. The van der Waals surface area contributed by atoms with Crippen LogP contribution in [0.4, 0.5) is 4.79 Å². The van der Waals surface area contributed by atoms with E-state index in [0.717, 1.165) is 19.3 Å². The zero-order chi connectivity index (χ0) is 7.56. The zero-order valence-corrected chi connectivity index (χ0v) is 6.97. The lowest BCUT2D eigenvalue weighted by atomic mass is 10.2. The minimum Gasteiger partial charge on any atom is -0.445 e. The molecule has 1 aliphatic carbocycles. The van der Waals surface area contributed by atoms with Gasteiger partial charge < -0.3 is 16.2 Å². The smallest absolute Gasteiger partial charge is 0.404 e. The summed E-state index contributed by atoms with van der Waals surface area (Å²) in [5.74, 6) is 0. The Balaban J connectivity index is 0.000001000. The SMILES string of the molecule is Cl.NC(=O)O[C@@H]1CCC[C@@H]1N.